The van der Waals surface area contributed by atoms with Crippen molar-refractivity contribution in [3.05, 3.63) is 29.8 Å². The molecule has 1 fully saturated rings. The second-order valence-corrected chi connectivity index (χ2v) is 5.12. The van der Waals surface area contributed by atoms with Crippen molar-refractivity contribution >= 4 is 11.7 Å². The molecular formula is C16H21NO3. The van der Waals surface area contributed by atoms with E-state index in [0.29, 0.717) is 36.5 Å². The molecule has 20 heavy (non-hydrogen) atoms. The van der Waals surface area contributed by atoms with Gasteiger partial charge >= 0.3 is 0 Å². The highest BCUT2D eigenvalue weighted by Crippen LogP contribution is 2.24. The number of benzene rings is 1. The van der Waals surface area contributed by atoms with Crippen molar-refractivity contribution in [2.45, 2.75) is 38.6 Å². The Bertz CT molecular complexity index is 488. The number of para-hydroxylation sites is 1. The summed E-state index contributed by atoms with van der Waals surface area (Å²) in [5, 5.41) is 0. The topological polar surface area (TPSA) is 46.6 Å². The summed E-state index contributed by atoms with van der Waals surface area (Å²) in [6, 6.07) is 7.46. The van der Waals surface area contributed by atoms with E-state index in [1.54, 1.807) is 11.0 Å². The van der Waals surface area contributed by atoms with Crippen LogP contribution in [0.2, 0.25) is 0 Å². The Labute approximate surface area is 119 Å². The SMILES string of the molecule is CCOc1ccccc1C(=O)N(C)C1CCC(=O)CC1. The van der Waals surface area contributed by atoms with E-state index < -0.39 is 0 Å². The van der Waals surface area contributed by atoms with Gasteiger partial charge in [-0.2, -0.15) is 0 Å². The van der Waals surface area contributed by atoms with Crippen molar-refractivity contribution in [2.75, 3.05) is 13.7 Å². The van der Waals surface area contributed by atoms with Gasteiger partial charge in [-0.25, -0.2) is 0 Å². The van der Waals surface area contributed by atoms with Gasteiger partial charge < -0.3 is 9.64 Å². The third-order valence-electron chi connectivity index (χ3n) is 3.80. The zero-order valence-electron chi connectivity index (χ0n) is 12.1. The molecule has 4 nitrogen and oxygen atoms in total. The summed E-state index contributed by atoms with van der Waals surface area (Å²) in [5.74, 6) is 0.893. The maximum Gasteiger partial charge on any atom is 0.257 e. The number of nitrogens with zero attached hydrogens (tertiary/aromatic N) is 1. The zero-order chi connectivity index (χ0) is 14.5. The average Bonchev–Trinajstić information content (AvgIpc) is 2.47. The Morgan fingerprint density at radius 1 is 1.30 bits per heavy atom. The second-order valence-electron chi connectivity index (χ2n) is 5.12. The lowest BCUT2D eigenvalue weighted by atomic mass is 9.93. The number of hydrogen-bond donors (Lipinski definition) is 0. The molecule has 2 rings (SSSR count). The van der Waals surface area contributed by atoms with Gasteiger partial charge in [0.2, 0.25) is 0 Å². The number of hydrogen-bond acceptors (Lipinski definition) is 3. The van der Waals surface area contributed by atoms with Crippen molar-refractivity contribution in [3.8, 4) is 5.75 Å². The number of Topliss-reactive ketones (excluding diaryl/α,β-unsaturated/α-hetero) is 1. The van der Waals surface area contributed by atoms with Crippen LogP contribution in [0.4, 0.5) is 0 Å². The lowest BCUT2D eigenvalue weighted by Gasteiger charge is -2.31. The molecule has 0 heterocycles. The lowest BCUT2D eigenvalue weighted by molar-refractivity contribution is -0.121. The summed E-state index contributed by atoms with van der Waals surface area (Å²) in [7, 11) is 1.81. The third-order valence-corrected chi connectivity index (χ3v) is 3.80. The minimum Gasteiger partial charge on any atom is -0.493 e. The predicted octanol–water partition coefficient (Wildman–Crippen LogP) is 2.67. The van der Waals surface area contributed by atoms with E-state index in [2.05, 4.69) is 0 Å². The Hall–Kier alpha value is -1.84. The molecule has 1 aliphatic rings. The monoisotopic (exact) mass is 275 g/mol. The minimum absolute atomic E-state index is 0.0339. The molecule has 0 atom stereocenters. The summed E-state index contributed by atoms with van der Waals surface area (Å²) >= 11 is 0. The van der Waals surface area contributed by atoms with Crippen LogP contribution in [0.1, 0.15) is 43.0 Å². The van der Waals surface area contributed by atoms with Crippen LogP contribution in [0.15, 0.2) is 24.3 Å². The van der Waals surface area contributed by atoms with E-state index in [1.165, 1.54) is 0 Å². The van der Waals surface area contributed by atoms with Gasteiger partial charge in [0.15, 0.2) is 0 Å². The average molecular weight is 275 g/mol. The number of amides is 1. The smallest absolute Gasteiger partial charge is 0.257 e. The first-order valence-electron chi connectivity index (χ1n) is 7.14. The second kappa shape index (κ2) is 6.55. The third kappa shape index (κ3) is 3.18. The summed E-state index contributed by atoms with van der Waals surface area (Å²) < 4.78 is 5.51. The molecule has 0 spiro atoms. The number of rotatable bonds is 4. The molecule has 4 heteroatoms. The van der Waals surface area contributed by atoms with Crippen molar-refractivity contribution in [1.82, 2.24) is 4.90 Å². The van der Waals surface area contributed by atoms with Gasteiger partial charge in [-0.1, -0.05) is 12.1 Å². The van der Waals surface area contributed by atoms with Crippen LogP contribution in [0, 0.1) is 0 Å². The molecule has 0 unspecified atom stereocenters. The van der Waals surface area contributed by atoms with Crippen LogP contribution in [0.25, 0.3) is 0 Å². The van der Waals surface area contributed by atoms with Crippen molar-refractivity contribution < 1.29 is 14.3 Å². The molecule has 0 radical (unpaired) electrons. The first kappa shape index (κ1) is 14.6. The fourth-order valence-electron chi connectivity index (χ4n) is 2.59. The maximum absolute atomic E-state index is 12.6. The molecule has 0 bridgehead atoms. The Kier molecular flexibility index (Phi) is 4.77. The summed E-state index contributed by atoms with van der Waals surface area (Å²) in [4.78, 5) is 25.6. The van der Waals surface area contributed by atoms with Crippen LogP contribution in [0.5, 0.6) is 5.75 Å². The van der Waals surface area contributed by atoms with Gasteiger partial charge in [-0.15, -0.1) is 0 Å². The van der Waals surface area contributed by atoms with Crippen LogP contribution >= 0.6 is 0 Å². The normalized spacial score (nSPS) is 16.0. The molecule has 0 saturated heterocycles. The molecular weight excluding hydrogens is 254 g/mol. The van der Waals surface area contributed by atoms with Gasteiger partial charge in [0.1, 0.15) is 11.5 Å². The Balaban J connectivity index is 2.12. The van der Waals surface area contributed by atoms with E-state index in [4.69, 9.17) is 4.74 Å². The van der Waals surface area contributed by atoms with E-state index >= 15 is 0 Å². The van der Waals surface area contributed by atoms with E-state index in [9.17, 15) is 9.59 Å². The van der Waals surface area contributed by atoms with Crippen LogP contribution in [0.3, 0.4) is 0 Å². The fraction of sp³-hybridized carbons (Fsp3) is 0.500. The Morgan fingerprint density at radius 3 is 2.60 bits per heavy atom. The van der Waals surface area contributed by atoms with Crippen molar-refractivity contribution in [1.29, 1.82) is 0 Å². The zero-order valence-corrected chi connectivity index (χ0v) is 12.1. The van der Waals surface area contributed by atoms with Crippen molar-refractivity contribution in [3.63, 3.8) is 0 Å². The van der Waals surface area contributed by atoms with Gasteiger partial charge in [0.25, 0.3) is 5.91 Å². The molecule has 1 aromatic carbocycles. The molecule has 1 aliphatic carbocycles. The molecule has 0 aliphatic heterocycles. The molecule has 1 amide bonds. The van der Waals surface area contributed by atoms with Gasteiger partial charge in [-0.3, -0.25) is 9.59 Å². The highest BCUT2D eigenvalue weighted by molar-refractivity contribution is 5.97. The largest absolute Gasteiger partial charge is 0.493 e. The Morgan fingerprint density at radius 2 is 1.95 bits per heavy atom. The van der Waals surface area contributed by atoms with Crippen LogP contribution < -0.4 is 4.74 Å². The quantitative estimate of drug-likeness (QED) is 0.848. The summed E-state index contributed by atoms with van der Waals surface area (Å²) in [6.45, 7) is 2.43. The van der Waals surface area contributed by atoms with Crippen LogP contribution in [-0.4, -0.2) is 36.3 Å². The standard InChI is InChI=1S/C16H21NO3/c1-3-20-15-7-5-4-6-14(15)16(19)17(2)12-8-10-13(18)11-9-12/h4-7,12H,3,8-11H2,1-2H3. The van der Waals surface area contributed by atoms with E-state index in [0.717, 1.165) is 12.8 Å². The number of ketones is 1. The number of ether oxygens (including phenoxy) is 1. The number of carbonyl (C=O) groups excluding carboxylic acids is 2. The van der Waals surface area contributed by atoms with E-state index in [1.807, 2.05) is 32.2 Å². The summed E-state index contributed by atoms with van der Waals surface area (Å²) in [5.41, 5.74) is 0.591. The molecule has 1 saturated carbocycles. The van der Waals surface area contributed by atoms with Gasteiger partial charge in [0, 0.05) is 25.9 Å². The highest BCUT2D eigenvalue weighted by atomic mass is 16.5. The lowest BCUT2D eigenvalue weighted by Crippen LogP contribution is -2.39. The van der Waals surface area contributed by atoms with E-state index in [-0.39, 0.29) is 11.9 Å². The maximum atomic E-state index is 12.6. The molecule has 1 aromatic rings. The number of carbonyl (C=O) groups is 2. The van der Waals surface area contributed by atoms with Crippen molar-refractivity contribution in [2.24, 2.45) is 0 Å². The first-order valence-corrected chi connectivity index (χ1v) is 7.14. The van der Waals surface area contributed by atoms with Gasteiger partial charge in [0.05, 0.1) is 12.2 Å². The van der Waals surface area contributed by atoms with Crippen LogP contribution in [-0.2, 0) is 4.79 Å². The van der Waals surface area contributed by atoms with Gasteiger partial charge in [-0.05, 0) is 31.9 Å². The first-order chi connectivity index (χ1) is 9.63. The molecule has 0 N–H and O–H groups in total. The fourth-order valence-corrected chi connectivity index (χ4v) is 2.59. The highest BCUT2D eigenvalue weighted by Gasteiger charge is 2.27. The molecule has 108 valence electrons. The minimum atomic E-state index is -0.0339. The summed E-state index contributed by atoms with van der Waals surface area (Å²) in [6.07, 6.45) is 2.68. The molecule has 0 aromatic heterocycles. The predicted molar refractivity (Wildman–Crippen MR) is 77.0 cm³/mol.